The van der Waals surface area contributed by atoms with Crippen LogP contribution in [0.15, 0.2) is 29.8 Å². The molecule has 0 bridgehead atoms. The summed E-state index contributed by atoms with van der Waals surface area (Å²) in [4.78, 5) is 7.45. The van der Waals surface area contributed by atoms with Gasteiger partial charge in [0.25, 0.3) is 0 Å². The second-order valence-electron chi connectivity index (χ2n) is 6.79. The zero-order chi connectivity index (χ0) is 17.2. The molecule has 0 spiro atoms. The van der Waals surface area contributed by atoms with Crippen LogP contribution in [0.1, 0.15) is 31.9 Å². The number of nitrogens with one attached hydrogen (secondary N) is 1. The van der Waals surface area contributed by atoms with Crippen molar-refractivity contribution in [2.24, 2.45) is 0 Å². The maximum Gasteiger partial charge on any atom is 0.123 e. The van der Waals surface area contributed by atoms with Gasteiger partial charge in [-0.25, -0.2) is 4.98 Å². The van der Waals surface area contributed by atoms with Crippen LogP contribution in [-0.2, 0) is 13.1 Å². The van der Waals surface area contributed by atoms with Crippen LogP contribution in [0, 0.1) is 0 Å². The van der Waals surface area contributed by atoms with Gasteiger partial charge in [0, 0.05) is 42.7 Å². The zero-order valence-electron chi connectivity index (χ0n) is 15.1. The molecule has 4 rings (SSSR count). The van der Waals surface area contributed by atoms with Crippen molar-refractivity contribution in [2.45, 2.75) is 39.3 Å². The Morgan fingerprint density at radius 3 is 2.80 bits per heavy atom. The first-order valence-corrected chi connectivity index (χ1v) is 10.1. The van der Waals surface area contributed by atoms with Crippen molar-refractivity contribution in [1.29, 1.82) is 0 Å². The average Bonchev–Trinajstić information content (AvgIpc) is 3.26. The van der Waals surface area contributed by atoms with Gasteiger partial charge < -0.3 is 9.88 Å². The van der Waals surface area contributed by atoms with E-state index >= 15 is 0 Å². The quantitative estimate of drug-likeness (QED) is 0.713. The minimum absolute atomic E-state index is 0.981. The highest BCUT2D eigenvalue weighted by Gasteiger charge is 2.14. The van der Waals surface area contributed by atoms with Crippen LogP contribution in [0.5, 0.6) is 0 Å². The van der Waals surface area contributed by atoms with E-state index in [0.717, 1.165) is 18.1 Å². The second kappa shape index (κ2) is 7.18. The van der Waals surface area contributed by atoms with Gasteiger partial charge in [0.1, 0.15) is 5.01 Å². The van der Waals surface area contributed by atoms with E-state index in [4.69, 9.17) is 4.98 Å². The fourth-order valence-corrected chi connectivity index (χ4v) is 4.56. The maximum absolute atomic E-state index is 4.91. The van der Waals surface area contributed by atoms with Gasteiger partial charge in [0.15, 0.2) is 0 Å². The van der Waals surface area contributed by atoms with E-state index < -0.39 is 0 Å². The fourth-order valence-electron chi connectivity index (χ4n) is 3.75. The SMILES string of the molecule is CCn1cc(NC)c2cc(-c3nc(CN4CCCCC4)cs3)ccc21. The Morgan fingerprint density at radius 1 is 1.20 bits per heavy atom. The maximum atomic E-state index is 4.91. The molecule has 4 nitrogen and oxygen atoms in total. The summed E-state index contributed by atoms with van der Waals surface area (Å²) >= 11 is 1.76. The van der Waals surface area contributed by atoms with E-state index in [2.05, 4.69) is 51.5 Å². The number of fused-ring (bicyclic) bond motifs is 1. The molecule has 5 heteroatoms. The minimum atomic E-state index is 0.981. The molecule has 1 aromatic carbocycles. The topological polar surface area (TPSA) is 33.1 Å². The van der Waals surface area contributed by atoms with Gasteiger partial charge in [-0.1, -0.05) is 6.42 Å². The van der Waals surface area contributed by atoms with Crippen molar-refractivity contribution in [3.63, 3.8) is 0 Å². The van der Waals surface area contributed by atoms with Gasteiger partial charge in [0.05, 0.1) is 16.9 Å². The number of benzene rings is 1. The smallest absolute Gasteiger partial charge is 0.123 e. The number of rotatable bonds is 5. The monoisotopic (exact) mass is 354 g/mol. The van der Waals surface area contributed by atoms with Crippen LogP contribution in [0.2, 0.25) is 0 Å². The van der Waals surface area contributed by atoms with Gasteiger partial charge in [-0.05, 0) is 51.1 Å². The van der Waals surface area contributed by atoms with Crippen molar-refractivity contribution < 1.29 is 0 Å². The fraction of sp³-hybridized carbons (Fsp3) is 0.450. The largest absolute Gasteiger partial charge is 0.386 e. The molecule has 0 unspecified atom stereocenters. The van der Waals surface area contributed by atoms with Gasteiger partial charge in [-0.2, -0.15) is 0 Å². The summed E-state index contributed by atoms with van der Waals surface area (Å²) in [5.41, 5.74) is 4.89. The third-order valence-corrected chi connectivity index (χ3v) is 6.06. The Bertz CT molecular complexity index is 858. The third kappa shape index (κ3) is 3.31. The molecular formula is C20H26N4S. The van der Waals surface area contributed by atoms with Crippen LogP contribution < -0.4 is 5.32 Å². The molecule has 0 aliphatic carbocycles. The Hall–Kier alpha value is -1.85. The molecule has 0 saturated carbocycles. The van der Waals surface area contributed by atoms with Crippen LogP contribution in [0.3, 0.4) is 0 Å². The number of hydrogen-bond acceptors (Lipinski definition) is 4. The number of aryl methyl sites for hydroxylation is 1. The number of piperidine rings is 1. The molecule has 0 radical (unpaired) electrons. The van der Waals surface area contributed by atoms with Crippen LogP contribution >= 0.6 is 11.3 Å². The highest BCUT2D eigenvalue weighted by Crippen LogP contribution is 2.32. The molecule has 1 fully saturated rings. The van der Waals surface area contributed by atoms with Crippen molar-refractivity contribution in [1.82, 2.24) is 14.5 Å². The first kappa shape index (κ1) is 16.6. The molecule has 3 heterocycles. The van der Waals surface area contributed by atoms with Crippen molar-refractivity contribution in [3.05, 3.63) is 35.5 Å². The van der Waals surface area contributed by atoms with Crippen LogP contribution in [-0.4, -0.2) is 34.6 Å². The minimum Gasteiger partial charge on any atom is -0.386 e. The van der Waals surface area contributed by atoms with E-state index in [1.165, 1.54) is 60.2 Å². The van der Waals surface area contributed by atoms with Gasteiger partial charge in [-0.3, -0.25) is 4.90 Å². The summed E-state index contributed by atoms with van der Waals surface area (Å²) in [6.07, 6.45) is 6.23. The summed E-state index contributed by atoms with van der Waals surface area (Å²) in [5, 5.41) is 7.94. The van der Waals surface area contributed by atoms with Crippen molar-refractivity contribution in [3.8, 4) is 10.6 Å². The molecule has 1 aliphatic heterocycles. The van der Waals surface area contributed by atoms with E-state index in [9.17, 15) is 0 Å². The Kier molecular flexibility index (Phi) is 4.77. The molecule has 0 atom stereocenters. The number of anilines is 1. The number of nitrogens with zero attached hydrogens (tertiary/aromatic N) is 3. The molecule has 1 aliphatic rings. The summed E-state index contributed by atoms with van der Waals surface area (Å²) in [5.74, 6) is 0. The number of likely N-dealkylation sites (tertiary alicyclic amines) is 1. The van der Waals surface area contributed by atoms with E-state index in [0.29, 0.717) is 0 Å². The molecule has 2 aromatic heterocycles. The molecule has 1 saturated heterocycles. The molecule has 25 heavy (non-hydrogen) atoms. The molecule has 0 amide bonds. The molecule has 1 N–H and O–H groups in total. The Morgan fingerprint density at radius 2 is 2.04 bits per heavy atom. The van der Waals surface area contributed by atoms with Crippen molar-refractivity contribution in [2.75, 3.05) is 25.5 Å². The second-order valence-corrected chi connectivity index (χ2v) is 7.65. The summed E-state index contributed by atoms with van der Waals surface area (Å²) in [6, 6.07) is 6.70. The lowest BCUT2D eigenvalue weighted by atomic mass is 10.1. The van der Waals surface area contributed by atoms with Crippen molar-refractivity contribution >= 4 is 27.9 Å². The Balaban J connectivity index is 1.61. The molecular weight excluding hydrogens is 328 g/mol. The standard InChI is InChI=1S/C20H26N4S/c1-3-24-13-18(21-2)17-11-15(7-8-19(17)24)20-22-16(14-25-20)12-23-9-5-4-6-10-23/h7-8,11,13-14,21H,3-6,9-10,12H2,1-2H3. The highest BCUT2D eigenvalue weighted by atomic mass is 32.1. The van der Waals surface area contributed by atoms with Crippen LogP contribution in [0.4, 0.5) is 5.69 Å². The lowest BCUT2D eigenvalue weighted by Crippen LogP contribution is -2.29. The number of aromatic nitrogens is 2. The van der Waals surface area contributed by atoms with Gasteiger partial charge in [0.2, 0.25) is 0 Å². The number of hydrogen-bond donors (Lipinski definition) is 1. The summed E-state index contributed by atoms with van der Waals surface area (Å²) in [6.45, 7) is 6.59. The van der Waals surface area contributed by atoms with Gasteiger partial charge in [-0.15, -0.1) is 11.3 Å². The first-order chi connectivity index (χ1) is 12.3. The highest BCUT2D eigenvalue weighted by molar-refractivity contribution is 7.13. The summed E-state index contributed by atoms with van der Waals surface area (Å²) < 4.78 is 2.29. The average molecular weight is 355 g/mol. The number of thiazole rings is 1. The van der Waals surface area contributed by atoms with Crippen LogP contribution in [0.25, 0.3) is 21.5 Å². The normalized spacial score (nSPS) is 15.8. The predicted molar refractivity (Wildman–Crippen MR) is 107 cm³/mol. The predicted octanol–water partition coefficient (Wildman–Crippen LogP) is 4.81. The zero-order valence-corrected chi connectivity index (χ0v) is 15.9. The lowest BCUT2D eigenvalue weighted by Gasteiger charge is -2.25. The lowest BCUT2D eigenvalue weighted by molar-refractivity contribution is 0.219. The Labute approximate surface area is 153 Å². The molecule has 3 aromatic rings. The van der Waals surface area contributed by atoms with E-state index in [1.807, 2.05) is 7.05 Å². The van der Waals surface area contributed by atoms with E-state index in [1.54, 1.807) is 11.3 Å². The first-order valence-electron chi connectivity index (χ1n) is 9.26. The van der Waals surface area contributed by atoms with Gasteiger partial charge >= 0.3 is 0 Å². The third-order valence-electron chi connectivity index (χ3n) is 5.12. The summed E-state index contributed by atoms with van der Waals surface area (Å²) in [7, 11) is 1.99. The molecule has 132 valence electrons. The van der Waals surface area contributed by atoms with E-state index in [-0.39, 0.29) is 0 Å².